The maximum atomic E-state index is 3.63. The first-order valence-electron chi connectivity index (χ1n) is 5.27. The van der Waals surface area contributed by atoms with E-state index in [0.717, 1.165) is 5.92 Å². The maximum absolute atomic E-state index is 3.63. The van der Waals surface area contributed by atoms with Gasteiger partial charge >= 0.3 is 0 Å². The SMILES string of the molecule is C=CC=C1CC1C.C=Cc1ccccc1. The molecule has 0 amide bonds. The molecule has 0 radical (unpaired) electrons. The Morgan fingerprint density at radius 1 is 1.20 bits per heavy atom. The van der Waals surface area contributed by atoms with Crippen LogP contribution in [0.4, 0.5) is 0 Å². The molecule has 0 saturated heterocycles. The molecule has 78 valence electrons. The monoisotopic (exact) mass is 198 g/mol. The van der Waals surface area contributed by atoms with Gasteiger partial charge in [0.25, 0.3) is 0 Å². The average molecular weight is 198 g/mol. The zero-order valence-corrected chi connectivity index (χ0v) is 9.32. The Hall–Kier alpha value is -1.56. The summed E-state index contributed by atoms with van der Waals surface area (Å²) in [5.41, 5.74) is 2.72. The molecule has 1 saturated carbocycles. The van der Waals surface area contributed by atoms with Crippen LogP contribution in [0.1, 0.15) is 18.9 Å². The van der Waals surface area contributed by atoms with Crippen LogP contribution in [0.5, 0.6) is 0 Å². The Kier molecular flexibility index (Phi) is 4.62. The highest BCUT2D eigenvalue weighted by molar-refractivity contribution is 5.45. The van der Waals surface area contributed by atoms with Crippen molar-refractivity contribution in [2.24, 2.45) is 5.92 Å². The van der Waals surface area contributed by atoms with Gasteiger partial charge in [0, 0.05) is 0 Å². The lowest BCUT2D eigenvalue weighted by atomic mass is 10.2. The van der Waals surface area contributed by atoms with E-state index in [1.165, 1.54) is 12.0 Å². The Balaban J connectivity index is 0.000000151. The highest BCUT2D eigenvalue weighted by atomic mass is 14.3. The normalized spacial score (nSPS) is 20.1. The molecular formula is C15H18. The summed E-state index contributed by atoms with van der Waals surface area (Å²) in [6, 6.07) is 10.0. The third-order valence-electron chi connectivity index (χ3n) is 2.38. The van der Waals surface area contributed by atoms with Crippen LogP contribution in [0.3, 0.4) is 0 Å². The number of allylic oxidation sites excluding steroid dienone is 3. The Morgan fingerprint density at radius 2 is 1.80 bits per heavy atom. The number of benzene rings is 1. The van der Waals surface area contributed by atoms with E-state index in [9.17, 15) is 0 Å². The van der Waals surface area contributed by atoms with E-state index in [0.29, 0.717) is 0 Å². The molecular weight excluding hydrogens is 180 g/mol. The van der Waals surface area contributed by atoms with Crippen molar-refractivity contribution < 1.29 is 0 Å². The summed E-state index contributed by atoms with van der Waals surface area (Å²) in [7, 11) is 0. The maximum Gasteiger partial charge on any atom is -0.0191 e. The zero-order valence-electron chi connectivity index (χ0n) is 9.32. The van der Waals surface area contributed by atoms with Crippen LogP contribution < -0.4 is 0 Å². The molecule has 0 nitrogen and oxygen atoms in total. The van der Waals surface area contributed by atoms with Crippen LogP contribution >= 0.6 is 0 Å². The minimum Gasteiger partial charge on any atom is -0.0991 e. The zero-order chi connectivity index (χ0) is 11.1. The average Bonchev–Trinajstić information content (AvgIpc) is 2.97. The van der Waals surface area contributed by atoms with Crippen LogP contribution in [0.15, 0.2) is 61.2 Å². The molecule has 0 aliphatic heterocycles. The molecule has 1 aliphatic carbocycles. The number of hydrogen-bond acceptors (Lipinski definition) is 0. The van der Waals surface area contributed by atoms with Crippen LogP contribution in [0, 0.1) is 5.92 Å². The standard InChI is InChI=1S/C8H8.C7H10/c1-2-8-6-4-3-5-7-8;1-3-4-7-5-6(7)2/h2-7H,1H2;3-4,6H,1,5H2,2H3. The van der Waals surface area contributed by atoms with Crippen molar-refractivity contribution >= 4 is 6.08 Å². The largest absolute Gasteiger partial charge is 0.0991 e. The summed E-state index contributed by atoms with van der Waals surface area (Å²) in [5.74, 6) is 0.859. The summed E-state index contributed by atoms with van der Waals surface area (Å²) in [6.07, 6.45) is 7.09. The second-order valence-electron chi connectivity index (χ2n) is 3.70. The van der Waals surface area contributed by atoms with Gasteiger partial charge in [0.05, 0.1) is 0 Å². The molecule has 1 aromatic rings. The van der Waals surface area contributed by atoms with Gasteiger partial charge in [-0.15, -0.1) is 0 Å². The van der Waals surface area contributed by atoms with E-state index in [4.69, 9.17) is 0 Å². The lowest BCUT2D eigenvalue weighted by Crippen LogP contribution is -1.63. The fourth-order valence-electron chi connectivity index (χ4n) is 1.27. The molecule has 1 aliphatic rings. The van der Waals surface area contributed by atoms with Crippen LogP contribution in [-0.4, -0.2) is 0 Å². The molecule has 1 unspecified atom stereocenters. The van der Waals surface area contributed by atoms with Crippen LogP contribution in [0.25, 0.3) is 6.08 Å². The second kappa shape index (κ2) is 6.02. The first-order chi connectivity index (χ1) is 7.27. The molecule has 1 fully saturated rings. The molecule has 0 bridgehead atoms. The predicted octanol–water partition coefficient (Wildman–Crippen LogP) is 4.47. The molecule has 0 heterocycles. The highest BCUT2D eigenvalue weighted by Crippen LogP contribution is 2.36. The Bertz CT molecular complexity index is 344. The molecule has 1 atom stereocenters. The third kappa shape index (κ3) is 4.46. The van der Waals surface area contributed by atoms with Crippen LogP contribution in [-0.2, 0) is 0 Å². The summed E-state index contributed by atoms with van der Waals surface area (Å²) in [6.45, 7) is 9.46. The summed E-state index contributed by atoms with van der Waals surface area (Å²) >= 11 is 0. The molecule has 0 N–H and O–H groups in total. The Morgan fingerprint density at radius 3 is 2.07 bits per heavy atom. The van der Waals surface area contributed by atoms with E-state index >= 15 is 0 Å². The fourth-order valence-corrected chi connectivity index (χ4v) is 1.27. The van der Waals surface area contributed by atoms with Crippen molar-refractivity contribution in [3.05, 3.63) is 66.8 Å². The minimum absolute atomic E-state index is 0.859. The molecule has 1 aromatic carbocycles. The van der Waals surface area contributed by atoms with Crippen molar-refractivity contribution in [3.63, 3.8) is 0 Å². The lowest BCUT2D eigenvalue weighted by Gasteiger charge is -1.85. The van der Waals surface area contributed by atoms with Gasteiger partial charge in [0.1, 0.15) is 0 Å². The van der Waals surface area contributed by atoms with E-state index < -0.39 is 0 Å². The second-order valence-corrected chi connectivity index (χ2v) is 3.70. The van der Waals surface area contributed by atoms with E-state index in [1.807, 2.05) is 42.5 Å². The molecule has 15 heavy (non-hydrogen) atoms. The van der Waals surface area contributed by atoms with Gasteiger partial charge in [-0.3, -0.25) is 0 Å². The van der Waals surface area contributed by atoms with Crippen LogP contribution in [0.2, 0.25) is 0 Å². The summed E-state index contributed by atoms with van der Waals surface area (Å²) < 4.78 is 0. The Labute approximate surface area is 92.6 Å². The smallest absolute Gasteiger partial charge is 0.0191 e. The molecule has 2 rings (SSSR count). The van der Waals surface area contributed by atoms with Gasteiger partial charge < -0.3 is 0 Å². The van der Waals surface area contributed by atoms with Crippen molar-refractivity contribution in [1.82, 2.24) is 0 Å². The van der Waals surface area contributed by atoms with Gasteiger partial charge in [0.2, 0.25) is 0 Å². The predicted molar refractivity (Wildman–Crippen MR) is 68.6 cm³/mol. The molecule has 0 aromatic heterocycles. The third-order valence-corrected chi connectivity index (χ3v) is 2.38. The van der Waals surface area contributed by atoms with E-state index in [1.54, 1.807) is 5.57 Å². The first-order valence-corrected chi connectivity index (χ1v) is 5.27. The van der Waals surface area contributed by atoms with Crippen molar-refractivity contribution in [2.45, 2.75) is 13.3 Å². The van der Waals surface area contributed by atoms with Gasteiger partial charge in [-0.05, 0) is 17.9 Å². The van der Waals surface area contributed by atoms with E-state index in [2.05, 4.69) is 26.2 Å². The highest BCUT2D eigenvalue weighted by Gasteiger charge is 2.22. The van der Waals surface area contributed by atoms with Gasteiger partial charge in [-0.2, -0.15) is 0 Å². The fraction of sp³-hybridized carbons (Fsp3) is 0.200. The summed E-state index contributed by atoms with van der Waals surface area (Å²) in [5, 5.41) is 0. The van der Waals surface area contributed by atoms with E-state index in [-0.39, 0.29) is 0 Å². The minimum atomic E-state index is 0.859. The summed E-state index contributed by atoms with van der Waals surface area (Å²) in [4.78, 5) is 0. The quantitative estimate of drug-likeness (QED) is 0.657. The topological polar surface area (TPSA) is 0 Å². The van der Waals surface area contributed by atoms with Gasteiger partial charge in [-0.25, -0.2) is 0 Å². The molecule has 0 heteroatoms. The van der Waals surface area contributed by atoms with Crippen molar-refractivity contribution in [1.29, 1.82) is 0 Å². The first kappa shape index (κ1) is 11.5. The number of hydrogen-bond donors (Lipinski definition) is 0. The van der Waals surface area contributed by atoms with Crippen molar-refractivity contribution in [3.8, 4) is 0 Å². The van der Waals surface area contributed by atoms with Crippen molar-refractivity contribution in [2.75, 3.05) is 0 Å². The lowest BCUT2D eigenvalue weighted by molar-refractivity contribution is 1.02. The van der Waals surface area contributed by atoms with Gasteiger partial charge in [-0.1, -0.05) is 74.2 Å². The molecule has 0 spiro atoms. The van der Waals surface area contributed by atoms with Gasteiger partial charge in [0.15, 0.2) is 0 Å². The number of rotatable bonds is 2.